The largest absolute Gasteiger partial charge is 0.481 e. The molecule has 2 aliphatic heterocycles. The number of likely N-dealkylation sites (tertiary alicyclic amines) is 1. The fourth-order valence-electron chi connectivity index (χ4n) is 5.96. The normalized spacial score (nSPS) is 26.3. The van der Waals surface area contributed by atoms with Crippen LogP contribution in [0.5, 0.6) is 11.6 Å². The van der Waals surface area contributed by atoms with E-state index >= 15 is 0 Å². The van der Waals surface area contributed by atoms with Gasteiger partial charge in [0.1, 0.15) is 23.1 Å². The van der Waals surface area contributed by atoms with Crippen molar-refractivity contribution in [2.45, 2.75) is 35.9 Å². The van der Waals surface area contributed by atoms with Gasteiger partial charge in [-0.05, 0) is 43.1 Å². The first kappa shape index (κ1) is 25.6. The Bertz CT molecular complexity index is 1430. The first-order valence-corrected chi connectivity index (χ1v) is 12.2. The van der Waals surface area contributed by atoms with Crippen LogP contribution in [-0.4, -0.2) is 48.2 Å². The van der Waals surface area contributed by atoms with Crippen LogP contribution in [0.25, 0.3) is 0 Å². The number of hydrogen-bond donors (Lipinski definition) is 1. The van der Waals surface area contributed by atoms with Crippen LogP contribution >= 0.6 is 0 Å². The summed E-state index contributed by atoms with van der Waals surface area (Å²) in [4.78, 5) is 5.85. The molecular formula is C29H26F2N4O3. The van der Waals surface area contributed by atoms with E-state index in [4.69, 9.17) is 9.47 Å². The molecule has 38 heavy (non-hydrogen) atoms. The van der Waals surface area contributed by atoms with Crippen molar-refractivity contribution in [2.75, 3.05) is 27.2 Å². The molecule has 7 nitrogen and oxygen atoms in total. The number of nitrogens with zero attached hydrogens (tertiary/aromatic N) is 4. The van der Waals surface area contributed by atoms with E-state index in [0.29, 0.717) is 29.7 Å². The van der Waals surface area contributed by atoms with Crippen molar-refractivity contribution in [2.24, 2.45) is 0 Å². The SMILES string of the molecule is CN1CC(F)(F)C1.COc1nc(C#N)cc2c1C1(O)CCC(c3ccccc3)C1(c1ccc(C#N)cc1)O2. The maximum atomic E-state index is 12.2. The summed E-state index contributed by atoms with van der Waals surface area (Å²) in [7, 11) is 3.15. The fourth-order valence-corrected chi connectivity index (χ4v) is 5.96. The summed E-state index contributed by atoms with van der Waals surface area (Å²) in [6.07, 6.45) is 1.12. The lowest BCUT2D eigenvalue weighted by atomic mass is 9.72. The average Bonchev–Trinajstić information content (AvgIpc) is 3.34. The van der Waals surface area contributed by atoms with Gasteiger partial charge in [0.05, 0.1) is 37.4 Å². The molecule has 3 aliphatic rings. The molecule has 1 saturated carbocycles. The van der Waals surface area contributed by atoms with E-state index in [9.17, 15) is 24.4 Å². The highest BCUT2D eigenvalue weighted by molar-refractivity contribution is 5.58. The van der Waals surface area contributed by atoms with E-state index in [2.05, 4.69) is 11.1 Å². The van der Waals surface area contributed by atoms with Crippen molar-refractivity contribution in [3.05, 3.63) is 88.6 Å². The molecule has 3 heterocycles. The number of rotatable bonds is 3. The average molecular weight is 517 g/mol. The van der Waals surface area contributed by atoms with Crippen molar-refractivity contribution in [1.29, 1.82) is 10.5 Å². The van der Waals surface area contributed by atoms with Gasteiger partial charge in [-0.1, -0.05) is 42.5 Å². The van der Waals surface area contributed by atoms with E-state index in [-0.39, 0.29) is 30.6 Å². The molecule has 3 atom stereocenters. The second kappa shape index (κ2) is 9.36. The first-order valence-electron chi connectivity index (χ1n) is 12.2. The summed E-state index contributed by atoms with van der Waals surface area (Å²) in [6.45, 7) is -0.125. The number of aliphatic hydroxyl groups is 1. The molecule has 0 bridgehead atoms. The highest BCUT2D eigenvalue weighted by atomic mass is 19.3. The third-order valence-electron chi connectivity index (χ3n) is 7.49. The number of methoxy groups -OCH3 is 1. The molecule has 0 amide bonds. The fraction of sp³-hybridized carbons (Fsp3) is 0.345. The zero-order valence-electron chi connectivity index (χ0n) is 21.0. The van der Waals surface area contributed by atoms with E-state index in [1.54, 1.807) is 30.1 Å². The third kappa shape index (κ3) is 3.96. The number of nitriles is 2. The number of hydrogen-bond acceptors (Lipinski definition) is 7. The Morgan fingerprint density at radius 3 is 2.29 bits per heavy atom. The summed E-state index contributed by atoms with van der Waals surface area (Å²) < 4.78 is 35.6. The van der Waals surface area contributed by atoms with Gasteiger partial charge in [-0.2, -0.15) is 10.5 Å². The molecule has 1 saturated heterocycles. The van der Waals surface area contributed by atoms with Crippen LogP contribution in [-0.2, 0) is 11.2 Å². The Morgan fingerprint density at radius 1 is 1.08 bits per heavy atom. The minimum atomic E-state index is -2.38. The van der Waals surface area contributed by atoms with Gasteiger partial charge in [0.2, 0.25) is 5.88 Å². The minimum absolute atomic E-state index is 0.0625. The molecule has 6 rings (SSSR count). The van der Waals surface area contributed by atoms with Crippen LogP contribution in [0.1, 0.15) is 46.7 Å². The minimum Gasteiger partial charge on any atom is -0.481 e. The van der Waals surface area contributed by atoms with E-state index in [0.717, 1.165) is 11.1 Å². The summed E-state index contributed by atoms with van der Waals surface area (Å²) in [5.41, 5.74) is 0.402. The zero-order chi connectivity index (χ0) is 27.1. The van der Waals surface area contributed by atoms with Crippen LogP contribution in [0, 0.1) is 22.7 Å². The molecule has 194 valence electrons. The quantitative estimate of drug-likeness (QED) is 0.549. The monoisotopic (exact) mass is 516 g/mol. The summed E-state index contributed by atoms with van der Waals surface area (Å²) in [6, 6.07) is 22.8. The van der Waals surface area contributed by atoms with Crippen LogP contribution in [0.3, 0.4) is 0 Å². The van der Waals surface area contributed by atoms with Gasteiger partial charge in [0, 0.05) is 12.0 Å². The van der Waals surface area contributed by atoms with Crippen molar-refractivity contribution in [3.63, 3.8) is 0 Å². The van der Waals surface area contributed by atoms with Crippen LogP contribution in [0.2, 0.25) is 0 Å². The Kier molecular flexibility index (Phi) is 6.30. The summed E-state index contributed by atoms with van der Waals surface area (Å²) in [5.74, 6) is -1.94. The first-order chi connectivity index (χ1) is 18.2. The van der Waals surface area contributed by atoms with Gasteiger partial charge in [-0.15, -0.1) is 0 Å². The maximum absolute atomic E-state index is 12.2. The molecule has 9 heteroatoms. The smallest absolute Gasteiger partial charge is 0.272 e. The number of fused-ring (bicyclic) bond motifs is 3. The molecular weight excluding hydrogens is 490 g/mol. The van der Waals surface area contributed by atoms with Crippen LogP contribution < -0.4 is 9.47 Å². The van der Waals surface area contributed by atoms with E-state index in [1.807, 2.05) is 48.5 Å². The third-order valence-corrected chi connectivity index (χ3v) is 7.49. The molecule has 1 N–H and O–H groups in total. The summed E-state index contributed by atoms with van der Waals surface area (Å²) in [5, 5.41) is 30.9. The lowest BCUT2D eigenvalue weighted by molar-refractivity contribution is -0.119. The van der Waals surface area contributed by atoms with Crippen LogP contribution in [0.4, 0.5) is 8.78 Å². The van der Waals surface area contributed by atoms with Gasteiger partial charge in [-0.3, -0.25) is 4.90 Å². The van der Waals surface area contributed by atoms with Crippen LogP contribution in [0.15, 0.2) is 60.7 Å². The Labute approximate surface area is 219 Å². The Balaban J connectivity index is 0.000000366. The molecule has 1 aromatic heterocycles. The number of benzene rings is 2. The predicted octanol–water partition coefficient (Wildman–Crippen LogP) is 4.45. The number of halogens is 2. The van der Waals surface area contributed by atoms with Crippen molar-refractivity contribution in [1.82, 2.24) is 9.88 Å². The molecule has 2 aromatic carbocycles. The van der Waals surface area contributed by atoms with Gasteiger partial charge in [0.15, 0.2) is 5.60 Å². The van der Waals surface area contributed by atoms with Gasteiger partial charge < -0.3 is 14.6 Å². The molecule has 0 spiro atoms. The number of pyridine rings is 1. The second-order valence-electron chi connectivity index (χ2n) is 9.92. The zero-order valence-corrected chi connectivity index (χ0v) is 21.0. The molecule has 3 aromatic rings. The van der Waals surface area contributed by atoms with Crippen molar-refractivity contribution >= 4 is 0 Å². The van der Waals surface area contributed by atoms with E-state index in [1.165, 1.54) is 7.11 Å². The van der Waals surface area contributed by atoms with Gasteiger partial charge >= 0.3 is 0 Å². The van der Waals surface area contributed by atoms with Crippen molar-refractivity contribution < 1.29 is 23.4 Å². The number of aromatic nitrogens is 1. The molecule has 1 aliphatic carbocycles. The Morgan fingerprint density at radius 2 is 1.76 bits per heavy atom. The number of alkyl halides is 2. The molecule has 0 radical (unpaired) electrons. The lowest BCUT2D eigenvalue weighted by Crippen LogP contribution is -2.53. The summed E-state index contributed by atoms with van der Waals surface area (Å²) >= 11 is 0. The Hall–Kier alpha value is -4.05. The van der Waals surface area contributed by atoms with Crippen molar-refractivity contribution in [3.8, 4) is 23.8 Å². The molecule has 3 unspecified atom stereocenters. The highest BCUT2D eigenvalue weighted by Gasteiger charge is 2.69. The lowest BCUT2D eigenvalue weighted by Gasteiger charge is -2.40. The standard InChI is InChI=1S/C25H19N3O3.C4H7F2N/c1-30-23-22-21(13-19(15-27)28-23)31-25(18-9-7-16(14-26)8-10-18)20(11-12-24(22,25)29)17-5-3-2-4-6-17;1-7-2-4(5,6)3-7/h2-10,13,20,29H,11-12H2,1H3;2-3H2,1H3. The van der Waals surface area contributed by atoms with Gasteiger partial charge in [0.25, 0.3) is 5.92 Å². The maximum Gasteiger partial charge on any atom is 0.272 e. The highest BCUT2D eigenvalue weighted by Crippen LogP contribution is 2.67. The number of ether oxygens (including phenoxy) is 2. The topological polar surface area (TPSA) is 102 Å². The second-order valence-corrected chi connectivity index (χ2v) is 9.92. The molecule has 2 fully saturated rings. The van der Waals surface area contributed by atoms with Gasteiger partial charge in [-0.25, -0.2) is 13.8 Å². The van der Waals surface area contributed by atoms with E-state index < -0.39 is 17.1 Å². The predicted molar refractivity (Wildman–Crippen MR) is 134 cm³/mol.